The van der Waals surface area contributed by atoms with Gasteiger partial charge < -0.3 is 10.0 Å². The summed E-state index contributed by atoms with van der Waals surface area (Å²) in [4.78, 5) is 18.2. The number of anilines is 1. The summed E-state index contributed by atoms with van der Waals surface area (Å²) in [6.45, 7) is 3.42. The highest BCUT2D eigenvalue weighted by Gasteiger charge is 2.26. The molecule has 1 unspecified atom stereocenters. The van der Waals surface area contributed by atoms with Gasteiger partial charge in [-0.05, 0) is 38.3 Å². The first-order chi connectivity index (χ1) is 10.1. The lowest BCUT2D eigenvalue weighted by Crippen LogP contribution is -2.29. The van der Waals surface area contributed by atoms with E-state index in [2.05, 4.69) is 9.88 Å². The fourth-order valence-corrected chi connectivity index (χ4v) is 2.94. The monoisotopic (exact) mass is 284 g/mol. The van der Waals surface area contributed by atoms with Crippen molar-refractivity contribution < 1.29 is 9.90 Å². The normalized spacial score (nSPS) is 23.0. The third-order valence-electron chi connectivity index (χ3n) is 4.22. The van der Waals surface area contributed by atoms with Crippen LogP contribution >= 0.6 is 0 Å². The number of pyridine rings is 1. The summed E-state index contributed by atoms with van der Waals surface area (Å²) in [7, 11) is 0. The maximum Gasteiger partial charge on any atom is 0.153 e. The Bertz CT molecular complexity index is 667. The molecule has 1 fully saturated rings. The van der Waals surface area contributed by atoms with E-state index in [0.717, 1.165) is 48.9 Å². The zero-order chi connectivity index (χ0) is 14.9. The van der Waals surface area contributed by atoms with Crippen molar-refractivity contribution in [3.8, 4) is 0 Å². The molecule has 0 radical (unpaired) electrons. The molecule has 1 aromatic carbocycles. The van der Waals surface area contributed by atoms with Crippen LogP contribution in [0.25, 0.3) is 10.9 Å². The fourth-order valence-electron chi connectivity index (χ4n) is 2.94. The van der Waals surface area contributed by atoms with Crippen LogP contribution in [0.1, 0.15) is 36.5 Å². The molecule has 2 heterocycles. The molecule has 4 heteroatoms. The van der Waals surface area contributed by atoms with Crippen molar-refractivity contribution in [2.75, 3.05) is 18.0 Å². The molecular weight excluding hydrogens is 264 g/mol. The van der Waals surface area contributed by atoms with Crippen LogP contribution in [0.4, 0.5) is 5.82 Å². The van der Waals surface area contributed by atoms with Crippen molar-refractivity contribution in [1.29, 1.82) is 0 Å². The Kier molecular flexibility index (Phi) is 3.64. The molecule has 110 valence electrons. The van der Waals surface area contributed by atoms with Gasteiger partial charge in [0, 0.05) is 18.5 Å². The summed E-state index contributed by atoms with van der Waals surface area (Å²) >= 11 is 0. The Hall–Kier alpha value is -1.94. The molecule has 1 saturated heterocycles. The summed E-state index contributed by atoms with van der Waals surface area (Å²) in [5, 5.41) is 11.2. The molecule has 4 nitrogen and oxygen atoms in total. The molecule has 2 aromatic rings. The smallest absolute Gasteiger partial charge is 0.153 e. The summed E-state index contributed by atoms with van der Waals surface area (Å²) in [6, 6.07) is 9.72. The third-order valence-corrected chi connectivity index (χ3v) is 4.22. The molecular formula is C17H20N2O2. The average molecular weight is 284 g/mol. The number of aliphatic hydroxyl groups is 1. The minimum absolute atomic E-state index is 0.618. The molecule has 0 amide bonds. The van der Waals surface area contributed by atoms with Crippen LogP contribution in [0, 0.1) is 0 Å². The Labute approximate surface area is 124 Å². The topological polar surface area (TPSA) is 53.4 Å². The highest BCUT2D eigenvalue weighted by atomic mass is 16.3. The van der Waals surface area contributed by atoms with Crippen molar-refractivity contribution in [3.05, 3.63) is 35.9 Å². The Balaban J connectivity index is 2.00. The lowest BCUT2D eigenvalue weighted by Gasteiger charge is -2.24. The molecule has 1 aliphatic rings. The van der Waals surface area contributed by atoms with Gasteiger partial charge in [0.25, 0.3) is 0 Å². The van der Waals surface area contributed by atoms with Gasteiger partial charge in [0.2, 0.25) is 0 Å². The maximum atomic E-state index is 11.4. The van der Waals surface area contributed by atoms with E-state index in [0.29, 0.717) is 12.0 Å². The summed E-state index contributed by atoms with van der Waals surface area (Å²) < 4.78 is 0. The van der Waals surface area contributed by atoms with Gasteiger partial charge in [-0.2, -0.15) is 0 Å². The Morgan fingerprint density at radius 2 is 2.10 bits per heavy atom. The van der Waals surface area contributed by atoms with E-state index in [1.165, 1.54) is 0 Å². The van der Waals surface area contributed by atoms with E-state index in [9.17, 15) is 9.90 Å². The summed E-state index contributed by atoms with van der Waals surface area (Å²) in [6.07, 6.45) is 3.25. The van der Waals surface area contributed by atoms with E-state index in [1.54, 1.807) is 0 Å². The van der Waals surface area contributed by atoms with Crippen molar-refractivity contribution in [2.24, 2.45) is 0 Å². The third kappa shape index (κ3) is 2.90. The standard InChI is InChI=1S/C17H20N2O2/c1-17(21)7-4-9-19(10-8-17)16-14(12-20)11-13-5-2-3-6-15(13)18-16/h2-3,5-6,11-12,21H,4,7-10H2,1H3. The number of nitrogens with zero attached hydrogens (tertiary/aromatic N) is 2. The van der Waals surface area contributed by atoms with Gasteiger partial charge >= 0.3 is 0 Å². The minimum atomic E-state index is -0.618. The SMILES string of the molecule is CC1(O)CCCN(c2nc3ccccc3cc2C=O)CC1. The molecule has 0 aliphatic carbocycles. The number of aldehydes is 1. The van der Waals surface area contributed by atoms with E-state index in [1.807, 2.05) is 37.3 Å². The van der Waals surface area contributed by atoms with Gasteiger partial charge in [0.15, 0.2) is 6.29 Å². The lowest BCUT2D eigenvalue weighted by atomic mass is 9.98. The van der Waals surface area contributed by atoms with Crippen LogP contribution < -0.4 is 4.90 Å². The van der Waals surface area contributed by atoms with Crippen LogP contribution in [-0.2, 0) is 0 Å². The van der Waals surface area contributed by atoms with Crippen molar-refractivity contribution in [3.63, 3.8) is 0 Å². The maximum absolute atomic E-state index is 11.4. The number of carbonyl (C=O) groups excluding carboxylic acids is 1. The number of hydrogen-bond donors (Lipinski definition) is 1. The summed E-state index contributed by atoms with van der Waals surface area (Å²) in [5.41, 5.74) is 0.900. The number of benzene rings is 1. The first-order valence-corrected chi connectivity index (χ1v) is 7.41. The van der Waals surface area contributed by atoms with E-state index < -0.39 is 5.60 Å². The molecule has 21 heavy (non-hydrogen) atoms. The van der Waals surface area contributed by atoms with E-state index >= 15 is 0 Å². The predicted molar refractivity (Wildman–Crippen MR) is 83.8 cm³/mol. The van der Waals surface area contributed by atoms with Crippen molar-refractivity contribution in [1.82, 2.24) is 4.98 Å². The molecule has 3 rings (SSSR count). The predicted octanol–water partition coefficient (Wildman–Crippen LogP) is 2.79. The van der Waals surface area contributed by atoms with Crippen LogP contribution in [-0.4, -0.2) is 35.1 Å². The second-order valence-electron chi connectivity index (χ2n) is 6.05. The van der Waals surface area contributed by atoms with Crippen LogP contribution in [0.5, 0.6) is 0 Å². The fraction of sp³-hybridized carbons (Fsp3) is 0.412. The molecule has 1 aliphatic heterocycles. The van der Waals surface area contributed by atoms with Crippen LogP contribution in [0.15, 0.2) is 30.3 Å². The van der Waals surface area contributed by atoms with Gasteiger partial charge in [-0.15, -0.1) is 0 Å². The lowest BCUT2D eigenvalue weighted by molar-refractivity contribution is 0.0481. The van der Waals surface area contributed by atoms with Crippen LogP contribution in [0.2, 0.25) is 0 Å². The molecule has 0 bridgehead atoms. The first-order valence-electron chi connectivity index (χ1n) is 7.41. The van der Waals surface area contributed by atoms with Crippen molar-refractivity contribution >= 4 is 23.0 Å². The second-order valence-corrected chi connectivity index (χ2v) is 6.05. The van der Waals surface area contributed by atoms with Gasteiger partial charge in [-0.1, -0.05) is 18.2 Å². The molecule has 1 N–H and O–H groups in total. The quantitative estimate of drug-likeness (QED) is 0.862. The van der Waals surface area contributed by atoms with E-state index in [4.69, 9.17) is 0 Å². The number of para-hydroxylation sites is 1. The second kappa shape index (κ2) is 5.45. The van der Waals surface area contributed by atoms with E-state index in [-0.39, 0.29) is 0 Å². The molecule has 0 spiro atoms. The zero-order valence-corrected chi connectivity index (χ0v) is 12.2. The van der Waals surface area contributed by atoms with Gasteiger partial charge in [-0.25, -0.2) is 4.98 Å². The first kappa shape index (κ1) is 14.0. The van der Waals surface area contributed by atoms with Gasteiger partial charge in [-0.3, -0.25) is 4.79 Å². The Morgan fingerprint density at radius 3 is 2.90 bits per heavy atom. The largest absolute Gasteiger partial charge is 0.390 e. The zero-order valence-electron chi connectivity index (χ0n) is 12.2. The van der Waals surface area contributed by atoms with Gasteiger partial charge in [0.1, 0.15) is 5.82 Å². The number of rotatable bonds is 2. The average Bonchev–Trinajstić information content (AvgIpc) is 2.66. The number of fused-ring (bicyclic) bond motifs is 1. The number of aromatic nitrogens is 1. The molecule has 0 saturated carbocycles. The highest BCUT2D eigenvalue weighted by Crippen LogP contribution is 2.27. The van der Waals surface area contributed by atoms with Crippen LogP contribution in [0.3, 0.4) is 0 Å². The van der Waals surface area contributed by atoms with Crippen molar-refractivity contribution in [2.45, 2.75) is 31.8 Å². The number of carbonyl (C=O) groups is 1. The molecule has 1 atom stereocenters. The van der Waals surface area contributed by atoms with Gasteiger partial charge in [0.05, 0.1) is 16.7 Å². The summed E-state index contributed by atoms with van der Waals surface area (Å²) in [5.74, 6) is 0.737. The Morgan fingerprint density at radius 1 is 1.29 bits per heavy atom. The number of hydrogen-bond acceptors (Lipinski definition) is 4. The highest BCUT2D eigenvalue weighted by molar-refractivity contribution is 5.91. The molecule has 1 aromatic heterocycles. The minimum Gasteiger partial charge on any atom is -0.390 e.